The van der Waals surface area contributed by atoms with Gasteiger partial charge in [0.1, 0.15) is 6.04 Å². The first-order chi connectivity index (χ1) is 11.8. The van der Waals surface area contributed by atoms with Crippen molar-refractivity contribution in [3.05, 3.63) is 53.3 Å². The molecule has 6 heteroatoms. The van der Waals surface area contributed by atoms with Gasteiger partial charge in [0.15, 0.2) is 0 Å². The van der Waals surface area contributed by atoms with E-state index in [1.165, 1.54) is 0 Å². The van der Waals surface area contributed by atoms with Crippen LogP contribution in [-0.2, 0) is 18.4 Å². The summed E-state index contributed by atoms with van der Waals surface area (Å²) < 4.78 is 1.70. The first-order valence-corrected chi connectivity index (χ1v) is 8.38. The van der Waals surface area contributed by atoms with E-state index in [2.05, 4.69) is 10.4 Å². The van der Waals surface area contributed by atoms with E-state index in [0.717, 1.165) is 11.1 Å². The van der Waals surface area contributed by atoms with Crippen molar-refractivity contribution >= 4 is 11.8 Å². The normalized spacial score (nSPS) is 12.1. The number of hydrogen-bond acceptors (Lipinski definition) is 3. The quantitative estimate of drug-likeness (QED) is 0.874. The van der Waals surface area contributed by atoms with Crippen LogP contribution >= 0.6 is 0 Å². The Bertz CT molecular complexity index is 734. The van der Waals surface area contributed by atoms with E-state index in [4.69, 9.17) is 0 Å². The summed E-state index contributed by atoms with van der Waals surface area (Å²) in [4.78, 5) is 26.9. The molecule has 0 radical (unpaired) electrons. The Morgan fingerprint density at radius 1 is 1.24 bits per heavy atom. The molecule has 6 nitrogen and oxygen atoms in total. The van der Waals surface area contributed by atoms with Gasteiger partial charge in [0.05, 0.1) is 6.20 Å². The number of nitrogens with one attached hydrogen (secondary N) is 1. The second-order valence-electron chi connectivity index (χ2n) is 6.78. The second kappa shape index (κ2) is 7.96. The minimum atomic E-state index is -0.574. The molecule has 1 heterocycles. The highest BCUT2D eigenvalue weighted by Crippen LogP contribution is 2.11. The third-order valence-corrected chi connectivity index (χ3v) is 4.09. The first kappa shape index (κ1) is 18.7. The van der Waals surface area contributed by atoms with Crippen LogP contribution < -0.4 is 5.32 Å². The maximum Gasteiger partial charge on any atom is 0.251 e. The molecule has 134 valence electrons. The topological polar surface area (TPSA) is 67.2 Å². The summed E-state index contributed by atoms with van der Waals surface area (Å²) in [5, 5.41) is 6.99. The van der Waals surface area contributed by atoms with Crippen LogP contribution in [0.4, 0.5) is 0 Å². The van der Waals surface area contributed by atoms with E-state index in [-0.39, 0.29) is 17.7 Å². The Hall–Kier alpha value is -2.63. The van der Waals surface area contributed by atoms with Crippen LogP contribution in [0.15, 0.2) is 36.7 Å². The Kier molecular flexibility index (Phi) is 5.96. The molecule has 0 saturated carbocycles. The van der Waals surface area contributed by atoms with Crippen LogP contribution in [0.1, 0.15) is 35.3 Å². The van der Waals surface area contributed by atoms with Crippen LogP contribution in [0.25, 0.3) is 0 Å². The van der Waals surface area contributed by atoms with E-state index >= 15 is 0 Å². The van der Waals surface area contributed by atoms with Crippen LogP contribution in [0, 0.1) is 12.8 Å². The minimum absolute atomic E-state index is 0.0155. The van der Waals surface area contributed by atoms with Crippen molar-refractivity contribution in [1.82, 2.24) is 20.0 Å². The zero-order chi connectivity index (χ0) is 18.6. The van der Waals surface area contributed by atoms with Crippen LogP contribution in [0.3, 0.4) is 0 Å². The average Bonchev–Trinajstić information content (AvgIpc) is 2.97. The molecule has 1 N–H and O–H groups in total. The van der Waals surface area contributed by atoms with Crippen LogP contribution in [0.5, 0.6) is 0 Å². The van der Waals surface area contributed by atoms with E-state index in [0.29, 0.717) is 12.1 Å². The van der Waals surface area contributed by atoms with Crippen molar-refractivity contribution in [1.29, 1.82) is 0 Å². The number of carbonyl (C=O) groups excluding carboxylic acids is 2. The first-order valence-electron chi connectivity index (χ1n) is 8.38. The summed E-state index contributed by atoms with van der Waals surface area (Å²) in [5.74, 6) is -0.362. The number of rotatable bonds is 6. The number of carbonyl (C=O) groups is 2. The van der Waals surface area contributed by atoms with Gasteiger partial charge in [-0.3, -0.25) is 14.3 Å². The van der Waals surface area contributed by atoms with Crippen LogP contribution in [0.2, 0.25) is 0 Å². The summed E-state index contributed by atoms with van der Waals surface area (Å²) in [6.07, 6.45) is 3.61. The molecule has 2 rings (SSSR count). The summed E-state index contributed by atoms with van der Waals surface area (Å²) in [6, 6.07) is 6.73. The Morgan fingerprint density at radius 3 is 2.40 bits per heavy atom. The van der Waals surface area contributed by atoms with Gasteiger partial charge < -0.3 is 10.2 Å². The van der Waals surface area contributed by atoms with E-state index < -0.39 is 6.04 Å². The van der Waals surface area contributed by atoms with E-state index in [9.17, 15) is 9.59 Å². The molecule has 0 aliphatic heterocycles. The van der Waals surface area contributed by atoms with Gasteiger partial charge in [0.2, 0.25) is 5.91 Å². The molecule has 1 aromatic heterocycles. The number of hydrogen-bond donors (Lipinski definition) is 1. The fourth-order valence-electron chi connectivity index (χ4n) is 2.59. The largest absolute Gasteiger partial charge is 0.340 e. The highest BCUT2D eigenvalue weighted by atomic mass is 16.2. The molecule has 2 aromatic rings. The van der Waals surface area contributed by atoms with E-state index in [1.54, 1.807) is 35.0 Å². The summed E-state index contributed by atoms with van der Waals surface area (Å²) in [5.41, 5.74) is 2.59. The molecule has 0 fully saturated rings. The van der Waals surface area contributed by atoms with Gasteiger partial charge in [-0.2, -0.15) is 5.10 Å². The van der Waals surface area contributed by atoms with Crippen molar-refractivity contribution in [2.45, 2.75) is 33.4 Å². The van der Waals surface area contributed by atoms with Gasteiger partial charge in [0, 0.05) is 38.0 Å². The smallest absolute Gasteiger partial charge is 0.251 e. The predicted octanol–water partition coefficient (Wildman–Crippen LogP) is 2.14. The molecule has 0 saturated heterocycles. The van der Waals surface area contributed by atoms with Gasteiger partial charge in [-0.15, -0.1) is 0 Å². The molecule has 0 aliphatic rings. The van der Waals surface area contributed by atoms with Gasteiger partial charge in [-0.25, -0.2) is 0 Å². The second-order valence-corrected chi connectivity index (χ2v) is 6.78. The molecule has 1 aromatic carbocycles. The summed E-state index contributed by atoms with van der Waals surface area (Å²) in [7, 11) is 3.58. The molecule has 0 aliphatic carbocycles. The summed E-state index contributed by atoms with van der Waals surface area (Å²) >= 11 is 0. The molecular weight excluding hydrogens is 316 g/mol. The fraction of sp³-hybridized carbons (Fsp3) is 0.421. The zero-order valence-corrected chi connectivity index (χ0v) is 15.5. The molecule has 1 atom stereocenters. The number of aryl methyl sites for hydroxylation is 2. The van der Waals surface area contributed by atoms with Crippen molar-refractivity contribution < 1.29 is 9.59 Å². The molecule has 1 unspecified atom stereocenters. The maximum atomic E-state index is 12.8. The zero-order valence-electron chi connectivity index (χ0n) is 15.5. The van der Waals surface area contributed by atoms with Gasteiger partial charge in [0.25, 0.3) is 5.91 Å². The Balaban J connectivity index is 2.06. The van der Waals surface area contributed by atoms with Gasteiger partial charge in [-0.05, 0) is 25.0 Å². The average molecular weight is 342 g/mol. The number of amides is 2. The maximum absolute atomic E-state index is 12.8. The lowest BCUT2D eigenvalue weighted by Crippen LogP contribution is -2.50. The Morgan fingerprint density at radius 2 is 1.88 bits per heavy atom. The molecule has 0 spiro atoms. The highest BCUT2D eigenvalue weighted by molar-refractivity contribution is 5.97. The lowest BCUT2D eigenvalue weighted by molar-refractivity contribution is -0.133. The number of aromatic nitrogens is 2. The minimum Gasteiger partial charge on any atom is -0.340 e. The molecule has 25 heavy (non-hydrogen) atoms. The van der Waals surface area contributed by atoms with E-state index in [1.807, 2.05) is 46.1 Å². The monoisotopic (exact) mass is 342 g/mol. The third kappa shape index (κ3) is 4.92. The molecular formula is C19H26N4O2. The lowest BCUT2D eigenvalue weighted by Gasteiger charge is -2.27. The number of benzene rings is 1. The fourth-order valence-corrected chi connectivity index (χ4v) is 2.59. The van der Waals surface area contributed by atoms with Gasteiger partial charge >= 0.3 is 0 Å². The SMILES string of the molecule is Cc1ccc(C(=O)NC(C(=O)N(C)Cc2cnn(C)c2)C(C)C)cc1. The van der Waals surface area contributed by atoms with Crippen molar-refractivity contribution in [2.24, 2.45) is 13.0 Å². The van der Waals surface area contributed by atoms with Crippen LogP contribution in [-0.4, -0.2) is 39.6 Å². The number of nitrogens with zero attached hydrogens (tertiary/aromatic N) is 3. The van der Waals surface area contributed by atoms with Crippen molar-refractivity contribution in [3.8, 4) is 0 Å². The predicted molar refractivity (Wildman–Crippen MR) is 97.0 cm³/mol. The standard InChI is InChI=1S/C19H26N4O2/c1-13(2)17(21-18(24)16-8-6-14(3)7-9-16)19(25)22(4)11-15-10-20-23(5)12-15/h6-10,12-13,17H,11H2,1-5H3,(H,21,24). The van der Waals surface area contributed by atoms with Crippen molar-refractivity contribution in [3.63, 3.8) is 0 Å². The molecule has 0 bridgehead atoms. The van der Waals surface area contributed by atoms with Crippen molar-refractivity contribution in [2.75, 3.05) is 7.05 Å². The summed E-state index contributed by atoms with van der Waals surface area (Å²) in [6.45, 7) is 6.28. The Labute approximate surface area is 148 Å². The lowest BCUT2D eigenvalue weighted by atomic mass is 10.0. The highest BCUT2D eigenvalue weighted by Gasteiger charge is 2.27. The molecule has 2 amide bonds. The third-order valence-electron chi connectivity index (χ3n) is 4.09. The number of likely N-dealkylation sites (N-methyl/N-ethyl adjacent to an activating group) is 1. The van der Waals surface area contributed by atoms with Gasteiger partial charge in [-0.1, -0.05) is 31.5 Å².